The Morgan fingerprint density at radius 2 is 1.04 bits per heavy atom. The molecule has 4 heterocycles. The highest BCUT2D eigenvalue weighted by atomic mass is 15.2. The molecule has 6 aromatic carbocycles. The van der Waals surface area contributed by atoms with Crippen molar-refractivity contribution in [2.75, 3.05) is 0 Å². The van der Waals surface area contributed by atoms with Gasteiger partial charge in [0.1, 0.15) is 0 Å². The van der Waals surface area contributed by atoms with Crippen molar-refractivity contribution in [1.82, 2.24) is 29.4 Å². The monoisotopic (exact) mass is 642 g/mol. The van der Waals surface area contributed by atoms with E-state index in [1.54, 1.807) is 0 Å². The molecule has 0 atom stereocenters. The van der Waals surface area contributed by atoms with Crippen molar-refractivity contribution in [3.63, 3.8) is 0 Å². The van der Waals surface area contributed by atoms with Gasteiger partial charge in [0.2, 0.25) is 5.95 Å². The first-order chi connectivity index (χ1) is 24.8. The van der Waals surface area contributed by atoms with Crippen molar-refractivity contribution >= 4 is 38.3 Å². The molecule has 0 aliphatic carbocycles. The number of benzene rings is 6. The van der Waals surface area contributed by atoms with E-state index in [4.69, 9.17) is 15.0 Å². The highest BCUT2D eigenvalue weighted by Crippen LogP contribution is 2.42. The Labute approximate surface area is 288 Å². The third kappa shape index (κ3) is 4.39. The van der Waals surface area contributed by atoms with Gasteiger partial charge in [0.15, 0.2) is 11.6 Å². The second-order valence-corrected chi connectivity index (χ2v) is 12.5. The summed E-state index contributed by atoms with van der Waals surface area (Å²) in [5.41, 5.74) is 10.9. The van der Waals surface area contributed by atoms with Crippen LogP contribution in [0.1, 0.15) is 16.8 Å². The Kier molecular flexibility index (Phi) is 6.45. The molecule has 0 saturated carbocycles. The van der Waals surface area contributed by atoms with Crippen LogP contribution < -0.4 is 5.32 Å². The molecule has 9 aromatic rings. The van der Waals surface area contributed by atoms with Gasteiger partial charge in [-0.25, -0.2) is 4.98 Å². The summed E-state index contributed by atoms with van der Waals surface area (Å²) in [6.07, 6.45) is 2.18. The van der Waals surface area contributed by atoms with Crippen molar-refractivity contribution in [3.05, 3.63) is 181 Å². The summed E-state index contributed by atoms with van der Waals surface area (Å²) in [5.74, 6) is 1.83. The van der Waals surface area contributed by atoms with Crippen molar-refractivity contribution in [1.29, 1.82) is 0 Å². The minimum Gasteiger partial charge on any atom is -0.386 e. The maximum Gasteiger partial charge on any atom is 0.238 e. The molecule has 0 amide bonds. The zero-order valence-electron chi connectivity index (χ0n) is 27.0. The number of aromatic nitrogens is 5. The Hall–Kier alpha value is -6.79. The van der Waals surface area contributed by atoms with Crippen LogP contribution in [0.25, 0.3) is 72.7 Å². The van der Waals surface area contributed by atoms with Gasteiger partial charge in [0, 0.05) is 62.4 Å². The van der Waals surface area contributed by atoms with E-state index in [9.17, 15) is 0 Å². The minimum absolute atomic E-state index is 0.574. The third-order valence-corrected chi connectivity index (χ3v) is 9.65. The first kappa shape index (κ1) is 28.2. The molecule has 0 radical (unpaired) electrons. The quantitative estimate of drug-likeness (QED) is 0.203. The number of hydrogen-bond donors (Lipinski definition) is 1. The largest absolute Gasteiger partial charge is 0.386 e. The Bertz CT molecular complexity index is 2680. The van der Waals surface area contributed by atoms with E-state index in [0.717, 1.165) is 56.3 Å². The molecule has 1 N–H and O–H groups in total. The van der Waals surface area contributed by atoms with E-state index < -0.39 is 0 Å². The van der Waals surface area contributed by atoms with Crippen LogP contribution >= 0.6 is 0 Å². The van der Waals surface area contributed by atoms with Crippen LogP contribution in [0.4, 0.5) is 0 Å². The van der Waals surface area contributed by atoms with Crippen molar-refractivity contribution in [2.24, 2.45) is 0 Å². The molecule has 0 unspecified atom stereocenters. The lowest BCUT2D eigenvalue weighted by Crippen LogP contribution is -2.16. The number of nitrogens with zero attached hydrogens (tertiary/aromatic N) is 5. The SMILES string of the molecule is C1=C(c2cccc3c4ccccc4n(-c4nc(-c5ccccc5)nc(-c5ccccc5)n4)c23)c2c(c3ccccc3n2-c2ccccc2)CN1. The van der Waals surface area contributed by atoms with Gasteiger partial charge in [-0.3, -0.25) is 4.57 Å². The lowest BCUT2D eigenvalue weighted by molar-refractivity contribution is 0.848. The number of hydrogen-bond acceptors (Lipinski definition) is 4. The van der Waals surface area contributed by atoms with E-state index in [1.165, 1.54) is 22.2 Å². The average molecular weight is 643 g/mol. The summed E-state index contributed by atoms with van der Waals surface area (Å²) in [6, 6.07) is 54.8. The highest BCUT2D eigenvalue weighted by Gasteiger charge is 2.28. The van der Waals surface area contributed by atoms with E-state index in [0.29, 0.717) is 17.6 Å². The fraction of sp³-hybridized carbons (Fsp3) is 0.0227. The molecule has 0 spiro atoms. The molecule has 0 fully saturated rings. The lowest BCUT2D eigenvalue weighted by atomic mass is 9.95. The standard InChI is InChI=1S/C44H30N6/c1-4-15-29(16-5-1)42-46-43(30-17-6-2-7-18-30)48-44(47-42)50-39-26-13-10-21-32(39)34-23-14-24-35(40(34)50)37-28-45-27-36-33-22-11-12-25-38(33)49(41(36)37)31-19-8-3-9-20-31/h1-26,28,45H,27H2. The van der Waals surface area contributed by atoms with Crippen LogP contribution in [0.2, 0.25) is 0 Å². The van der Waals surface area contributed by atoms with Crippen LogP contribution in [0.3, 0.4) is 0 Å². The molecule has 236 valence electrons. The van der Waals surface area contributed by atoms with Gasteiger partial charge >= 0.3 is 0 Å². The number of fused-ring (bicyclic) bond motifs is 6. The fourth-order valence-corrected chi connectivity index (χ4v) is 7.48. The number of rotatable bonds is 5. The summed E-state index contributed by atoms with van der Waals surface area (Å²) in [5, 5.41) is 7.16. The molecule has 6 nitrogen and oxygen atoms in total. The van der Waals surface area contributed by atoms with Crippen LogP contribution in [0, 0.1) is 0 Å². The predicted molar refractivity (Wildman–Crippen MR) is 202 cm³/mol. The van der Waals surface area contributed by atoms with Gasteiger partial charge in [-0.15, -0.1) is 0 Å². The molecule has 1 aliphatic rings. The predicted octanol–water partition coefficient (Wildman–Crippen LogP) is 9.74. The minimum atomic E-state index is 0.574. The molecular formula is C44H30N6. The fourth-order valence-electron chi connectivity index (χ4n) is 7.48. The first-order valence-corrected chi connectivity index (χ1v) is 16.8. The van der Waals surface area contributed by atoms with E-state index in [-0.39, 0.29) is 0 Å². The molecule has 10 rings (SSSR count). The van der Waals surface area contributed by atoms with Gasteiger partial charge in [0.05, 0.1) is 22.2 Å². The Morgan fingerprint density at radius 3 is 1.72 bits per heavy atom. The second kappa shape index (κ2) is 11.4. The maximum atomic E-state index is 5.20. The van der Waals surface area contributed by atoms with Gasteiger partial charge in [0.25, 0.3) is 0 Å². The molecule has 0 bridgehead atoms. The summed E-state index contributed by atoms with van der Waals surface area (Å²) < 4.78 is 4.64. The lowest BCUT2D eigenvalue weighted by Gasteiger charge is -2.21. The van der Waals surface area contributed by atoms with Gasteiger partial charge in [-0.2, -0.15) is 9.97 Å². The van der Waals surface area contributed by atoms with Crippen molar-refractivity contribution in [2.45, 2.75) is 6.54 Å². The Morgan fingerprint density at radius 1 is 0.480 bits per heavy atom. The molecule has 3 aromatic heterocycles. The van der Waals surface area contributed by atoms with Crippen LogP contribution in [0.5, 0.6) is 0 Å². The highest BCUT2D eigenvalue weighted by molar-refractivity contribution is 6.13. The van der Waals surface area contributed by atoms with Gasteiger partial charge in [-0.1, -0.05) is 133 Å². The molecule has 0 saturated heterocycles. The van der Waals surface area contributed by atoms with Crippen molar-refractivity contribution < 1.29 is 0 Å². The average Bonchev–Trinajstić information content (AvgIpc) is 3.72. The van der Waals surface area contributed by atoms with Crippen molar-refractivity contribution in [3.8, 4) is 34.4 Å². The van der Waals surface area contributed by atoms with E-state index in [2.05, 4.69) is 118 Å². The summed E-state index contributed by atoms with van der Waals surface area (Å²) in [7, 11) is 0. The van der Waals surface area contributed by atoms with E-state index >= 15 is 0 Å². The molecular weight excluding hydrogens is 613 g/mol. The molecule has 50 heavy (non-hydrogen) atoms. The van der Waals surface area contributed by atoms with Crippen LogP contribution in [-0.4, -0.2) is 24.1 Å². The molecule has 1 aliphatic heterocycles. The Balaban J connectivity index is 1.30. The smallest absolute Gasteiger partial charge is 0.238 e. The maximum absolute atomic E-state index is 5.20. The summed E-state index contributed by atoms with van der Waals surface area (Å²) >= 11 is 0. The van der Waals surface area contributed by atoms with Gasteiger partial charge in [-0.05, 0) is 24.3 Å². The first-order valence-electron chi connectivity index (χ1n) is 16.8. The van der Waals surface area contributed by atoms with Gasteiger partial charge < -0.3 is 9.88 Å². The zero-order chi connectivity index (χ0) is 33.0. The normalized spacial score (nSPS) is 12.6. The van der Waals surface area contributed by atoms with E-state index in [1.807, 2.05) is 60.7 Å². The topological polar surface area (TPSA) is 60.6 Å². The number of para-hydroxylation sites is 4. The van der Waals surface area contributed by atoms with Crippen LogP contribution in [-0.2, 0) is 6.54 Å². The second-order valence-electron chi connectivity index (χ2n) is 12.5. The number of nitrogens with one attached hydrogen (secondary N) is 1. The molecule has 6 heteroatoms. The third-order valence-electron chi connectivity index (χ3n) is 9.65. The summed E-state index contributed by atoms with van der Waals surface area (Å²) in [4.78, 5) is 15.4. The van der Waals surface area contributed by atoms with Crippen LogP contribution in [0.15, 0.2) is 164 Å². The summed E-state index contributed by atoms with van der Waals surface area (Å²) in [6.45, 7) is 0.743. The zero-order valence-corrected chi connectivity index (χ0v) is 27.0.